The van der Waals surface area contributed by atoms with Crippen LogP contribution in [-0.2, 0) is 6.18 Å². The molecule has 0 radical (unpaired) electrons. The minimum Gasteiger partial charge on any atom is -0.380 e. The number of aliphatic hydroxyl groups is 1. The monoisotopic (exact) mass is 323 g/mol. The molecule has 9 heteroatoms. The molecule has 0 spiro atoms. The van der Waals surface area contributed by atoms with Crippen molar-refractivity contribution in [2.75, 3.05) is 12.4 Å². The average molecular weight is 323 g/mol. The molecule has 0 aliphatic carbocycles. The smallest absolute Gasteiger partial charge is 0.380 e. The summed E-state index contributed by atoms with van der Waals surface area (Å²) in [6.45, 7) is 0. The molecule has 0 bridgehead atoms. The van der Waals surface area contributed by atoms with Crippen LogP contribution >= 0.6 is 0 Å². The lowest BCUT2D eigenvalue weighted by Crippen LogP contribution is -2.05. The van der Waals surface area contributed by atoms with E-state index in [-0.39, 0.29) is 17.0 Å². The topological polar surface area (TPSA) is 86.7 Å². The van der Waals surface area contributed by atoms with E-state index in [2.05, 4.69) is 25.3 Å². The third-order valence-corrected chi connectivity index (χ3v) is 3.30. The van der Waals surface area contributed by atoms with Gasteiger partial charge in [0, 0.05) is 25.0 Å². The van der Waals surface area contributed by atoms with Gasteiger partial charge in [-0.25, -0.2) is 15.0 Å². The van der Waals surface area contributed by atoms with E-state index in [0.29, 0.717) is 17.6 Å². The predicted molar refractivity (Wildman–Crippen MR) is 76.7 cm³/mol. The molecule has 6 nitrogen and oxygen atoms in total. The molecule has 3 heterocycles. The first-order chi connectivity index (χ1) is 10.9. The lowest BCUT2D eigenvalue weighted by Gasteiger charge is -2.08. The van der Waals surface area contributed by atoms with Gasteiger partial charge in [-0.05, 0) is 12.1 Å². The zero-order valence-corrected chi connectivity index (χ0v) is 11.9. The van der Waals surface area contributed by atoms with E-state index in [4.69, 9.17) is 0 Å². The second-order valence-corrected chi connectivity index (χ2v) is 4.84. The lowest BCUT2D eigenvalue weighted by molar-refractivity contribution is -0.137. The number of halogens is 3. The van der Waals surface area contributed by atoms with E-state index < -0.39 is 17.8 Å². The number of imidazole rings is 1. The Kier molecular flexibility index (Phi) is 3.64. The lowest BCUT2D eigenvalue weighted by atomic mass is 10.1. The number of hydrogen-bond donors (Lipinski definition) is 3. The van der Waals surface area contributed by atoms with E-state index in [9.17, 15) is 18.3 Å². The number of nitrogens with one attached hydrogen (secondary N) is 2. The highest BCUT2D eigenvalue weighted by molar-refractivity contribution is 5.71. The van der Waals surface area contributed by atoms with Gasteiger partial charge >= 0.3 is 6.18 Å². The molecule has 3 N–H and O–H groups in total. The number of anilines is 1. The van der Waals surface area contributed by atoms with Crippen molar-refractivity contribution in [3.8, 4) is 0 Å². The molecule has 0 aliphatic heterocycles. The maximum atomic E-state index is 12.7. The predicted octanol–water partition coefficient (Wildman–Crippen LogP) is 2.50. The van der Waals surface area contributed by atoms with Gasteiger partial charge in [-0.15, -0.1) is 0 Å². The van der Waals surface area contributed by atoms with Crippen LogP contribution in [0.3, 0.4) is 0 Å². The third kappa shape index (κ3) is 2.95. The molecule has 0 aliphatic rings. The van der Waals surface area contributed by atoms with Gasteiger partial charge in [0.1, 0.15) is 17.7 Å². The van der Waals surface area contributed by atoms with Crippen molar-refractivity contribution in [1.82, 2.24) is 19.9 Å². The van der Waals surface area contributed by atoms with Gasteiger partial charge in [-0.1, -0.05) is 6.07 Å². The number of aliphatic hydroxyl groups excluding tert-OH is 1. The number of nitrogens with zero attached hydrogens (tertiary/aromatic N) is 3. The molecule has 0 amide bonds. The van der Waals surface area contributed by atoms with E-state index in [1.165, 1.54) is 6.20 Å². The minimum atomic E-state index is -4.49. The van der Waals surface area contributed by atoms with Gasteiger partial charge in [-0.3, -0.25) is 0 Å². The molecule has 3 aromatic rings. The Balaban J connectivity index is 1.95. The summed E-state index contributed by atoms with van der Waals surface area (Å²) in [7, 11) is 1.71. The van der Waals surface area contributed by atoms with Crippen LogP contribution in [0.2, 0.25) is 0 Å². The van der Waals surface area contributed by atoms with Crippen LogP contribution in [0.15, 0.2) is 30.6 Å². The Bertz CT molecular complexity index is 829. The number of aromatic amines is 1. The molecular weight excluding hydrogens is 311 g/mol. The Hall–Kier alpha value is -2.68. The van der Waals surface area contributed by atoms with E-state index >= 15 is 0 Å². The second-order valence-electron chi connectivity index (χ2n) is 4.84. The van der Waals surface area contributed by atoms with Crippen LogP contribution < -0.4 is 5.32 Å². The van der Waals surface area contributed by atoms with E-state index in [1.54, 1.807) is 19.2 Å². The first kappa shape index (κ1) is 15.2. The first-order valence-corrected chi connectivity index (χ1v) is 6.63. The van der Waals surface area contributed by atoms with Crippen LogP contribution in [0.4, 0.5) is 19.0 Å². The van der Waals surface area contributed by atoms with Gasteiger partial charge < -0.3 is 15.4 Å². The van der Waals surface area contributed by atoms with Crippen molar-refractivity contribution in [2.24, 2.45) is 0 Å². The Morgan fingerprint density at radius 3 is 2.61 bits per heavy atom. The molecule has 0 fully saturated rings. The van der Waals surface area contributed by atoms with Gasteiger partial charge in [-0.2, -0.15) is 13.2 Å². The molecule has 3 aromatic heterocycles. The highest BCUT2D eigenvalue weighted by Gasteiger charge is 2.31. The molecule has 0 aromatic carbocycles. The summed E-state index contributed by atoms with van der Waals surface area (Å²) in [5.74, 6) is 0.730. The minimum absolute atomic E-state index is 0.103. The van der Waals surface area contributed by atoms with Crippen LogP contribution in [0, 0.1) is 0 Å². The summed E-state index contributed by atoms with van der Waals surface area (Å²) in [5, 5.41) is 13.1. The summed E-state index contributed by atoms with van der Waals surface area (Å²) >= 11 is 0. The van der Waals surface area contributed by atoms with Gasteiger partial charge in [0.15, 0.2) is 5.65 Å². The SMILES string of the molecule is CNc1ccc(C(O)c2nc3ncc(C(F)(F)F)cc3[nH]2)cn1. The first-order valence-electron chi connectivity index (χ1n) is 6.63. The number of alkyl halides is 3. The molecular formula is C14H12F3N5O. The largest absolute Gasteiger partial charge is 0.417 e. The summed E-state index contributed by atoms with van der Waals surface area (Å²) in [5.41, 5.74) is -0.214. The fraction of sp³-hybridized carbons (Fsp3) is 0.214. The zero-order valence-electron chi connectivity index (χ0n) is 11.9. The van der Waals surface area contributed by atoms with Gasteiger partial charge in [0.05, 0.1) is 11.1 Å². The van der Waals surface area contributed by atoms with Crippen LogP contribution in [0.25, 0.3) is 11.2 Å². The van der Waals surface area contributed by atoms with Crippen LogP contribution in [-0.4, -0.2) is 32.1 Å². The normalized spacial score (nSPS) is 13.3. The maximum absolute atomic E-state index is 12.7. The van der Waals surface area contributed by atoms with Crippen molar-refractivity contribution < 1.29 is 18.3 Å². The highest BCUT2D eigenvalue weighted by Crippen LogP contribution is 2.30. The van der Waals surface area contributed by atoms with Gasteiger partial charge in [0.2, 0.25) is 0 Å². The summed E-state index contributed by atoms with van der Waals surface area (Å²) in [4.78, 5) is 14.4. The number of pyridine rings is 2. The Morgan fingerprint density at radius 1 is 1.22 bits per heavy atom. The fourth-order valence-electron chi connectivity index (χ4n) is 2.08. The standard InChI is InChI=1S/C14H12F3N5O/c1-18-10-3-2-7(5-19-10)11(23)13-21-9-4-8(14(15,16)17)6-20-12(9)22-13/h2-6,11,23H,1H3,(H,18,19)(H,20,21,22). The second kappa shape index (κ2) is 5.51. The number of H-pyrrole nitrogens is 1. The summed E-state index contributed by atoms with van der Waals surface area (Å²) in [6.07, 6.45) is -3.46. The van der Waals surface area contributed by atoms with Crippen molar-refractivity contribution in [3.63, 3.8) is 0 Å². The molecule has 0 saturated carbocycles. The van der Waals surface area contributed by atoms with Crippen molar-refractivity contribution in [1.29, 1.82) is 0 Å². The van der Waals surface area contributed by atoms with Crippen LogP contribution in [0.1, 0.15) is 23.1 Å². The number of fused-ring (bicyclic) bond motifs is 1. The highest BCUT2D eigenvalue weighted by atomic mass is 19.4. The maximum Gasteiger partial charge on any atom is 0.417 e. The molecule has 120 valence electrons. The van der Waals surface area contributed by atoms with Crippen molar-refractivity contribution in [3.05, 3.63) is 47.5 Å². The van der Waals surface area contributed by atoms with Gasteiger partial charge in [0.25, 0.3) is 0 Å². The quantitative estimate of drug-likeness (QED) is 0.689. The number of aromatic nitrogens is 4. The van der Waals surface area contributed by atoms with E-state index in [1.807, 2.05) is 0 Å². The Labute approximate surface area is 128 Å². The summed E-state index contributed by atoms with van der Waals surface area (Å²) < 4.78 is 38.0. The Morgan fingerprint density at radius 2 is 2.00 bits per heavy atom. The molecule has 1 unspecified atom stereocenters. The molecule has 1 atom stereocenters. The summed E-state index contributed by atoms with van der Waals surface area (Å²) in [6, 6.07) is 4.22. The van der Waals surface area contributed by atoms with Crippen molar-refractivity contribution in [2.45, 2.75) is 12.3 Å². The third-order valence-electron chi connectivity index (χ3n) is 3.30. The van der Waals surface area contributed by atoms with Crippen LogP contribution in [0.5, 0.6) is 0 Å². The molecule has 0 saturated heterocycles. The number of rotatable bonds is 3. The fourth-order valence-corrected chi connectivity index (χ4v) is 2.08. The number of hydrogen-bond acceptors (Lipinski definition) is 5. The zero-order chi connectivity index (χ0) is 16.6. The van der Waals surface area contributed by atoms with Crippen molar-refractivity contribution >= 4 is 17.0 Å². The molecule has 23 heavy (non-hydrogen) atoms. The van der Waals surface area contributed by atoms with E-state index in [0.717, 1.165) is 6.07 Å². The molecule has 3 rings (SSSR count). The average Bonchev–Trinajstić information content (AvgIpc) is 2.96.